The minimum absolute atomic E-state index is 0.0769. The SMILES string of the molecule is COC(=O)c1ccc(CN(CCC(c2ccccc2)N2CCN(C(C)=O)CC2)S(=O)O)cc1. The monoisotopic (exact) mass is 473 g/mol. The van der Waals surface area contributed by atoms with E-state index in [0.717, 1.165) is 24.2 Å². The molecular weight excluding hydrogens is 442 g/mol. The molecule has 1 fully saturated rings. The summed E-state index contributed by atoms with van der Waals surface area (Å²) in [5, 5.41) is 0. The summed E-state index contributed by atoms with van der Waals surface area (Å²) in [7, 11) is 1.33. The van der Waals surface area contributed by atoms with Gasteiger partial charge in [-0.2, -0.15) is 4.31 Å². The summed E-state index contributed by atoms with van der Waals surface area (Å²) in [6, 6.07) is 17.0. The zero-order valence-electron chi connectivity index (χ0n) is 19.1. The summed E-state index contributed by atoms with van der Waals surface area (Å²) in [6.45, 7) is 5.17. The van der Waals surface area contributed by atoms with Gasteiger partial charge in [-0.1, -0.05) is 42.5 Å². The van der Waals surface area contributed by atoms with Crippen LogP contribution in [0, 0.1) is 0 Å². The summed E-state index contributed by atoms with van der Waals surface area (Å²) < 4.78 is 28.2. The number of nitrogens with zero attached hydrogens (tertiary/aromatic N) is 3. The van der Waals surface area contributed by atoms with Gasteiger partial charge in [0.05, 0.1) is 12.7 Å². The number of hydrogen-bond donors (Lipinski definition) is 1. The Morgan fingerprint density at radius 1 is 1.06 bits per heavy atom. The quantitative estimate of drug-likeness (QED) is 0.445. The first-order valence-electron chi connectivity index (χ1n) is 11.0. The van der Waals surface area contributed by atoms with E-state index < -0.39 is 17.2 Å². The van der Waals surface area contributed by atoms with E-state index in [9.17, 15) is 18.4 Å². The molecule has 8 nitrogen and oxygen atoms in total. The molecule has 33 heavy (non-hydrogen) atoms. The van der Waals surface area contributed by atoms with E-state index in [1.807, 2.05) is 23.1 Å². The summed E-state index contributed by atoms with van der Waals surface area (Å²) in [6.07, 6.45) is 0.663. The second-order valence-corrected chi connectivity index (χ2v) is 9.02. The van der Waals surface area contributed by atoms with Gasteiger partial charge in [-0.3, -0.25) is 14.2 Å². The molecule has 9 heteroatoms. The lowest BCUT2D eigenvalue weighted by Gasteiger charge is -2.39. The Labute approximate surface area is 197 Å². The van der Waals surface area contributed by atoms with Crippen LogP contribution in [0.15, 0.2) is 54.6 Å². The van der Waals surface area contributed by atoms with E-state index in [1.54, 1.807) is 31.2 Å². The smallest absolute Gasteiger partial charge is 0.337 e. The summed E-state index contributed by atoms with van der Waals surface area (Å²) >= 11 is -2.14. The molecule has 3 rings (SSSR count). The van der Waals surface area contributed by atoms with Crippen molar-refractivity contribution in [2.24, 2.45) is 0 Å². The molecule has 1 saturated heterocycles. The molecule has 1 N–H and O–H groups in total. The predicted molar refractivity (Wildman–Crippen MR) is 127 cm³/mol. The van der Waals surface area contributed by atoms with Crippen LogP contribution < -0.4 is 0 Å². The fourth-order valence-corrected chi connectivity index (χ4v) is 4.65. The Morgan fingerprint density at radius 3 is 2.24 bits per heavy atom. The van der Waals surface area contributed by atoms with E-state index in [-0.39, 0.29) is 18.5 Å². The van der Waals surface area contributed by atoms with Gasteiger partial charge in [-0.05, 0) is 29.7 Å². The highest BCUT2D eigenvalue weighted by atomic mass is 32.2. The van der Waals surface area contributed by atoms with Crippen LogP contribution in [0.4, 0.5) is 0 Å². The van der Waals surface area contributed by atoms with Crippen LogP contribution in [0.3, 0.4) is 0 Å². The highest BCUT2D eigenvalue weighted by Gasteiger charge is 2.27. The van der Waals surface area contributed by atoms with E-state index in [4.69, 9.17) is 4.74 Å². The minimum atomic E-state index is -2.14. The maximum atomic E-state index is 12.1. The second kappa shape index (κ2) is 12.0. The molecule has 0 aliphatic carbocycles. The lowest BCUT2D eigenvalue weighted by Crippen LogP contribution is -2.49. The van der Waals surface area contributed by atoms with Crippen molar-refractivity contribution < 1.29 is 23.1 Å². The normalized spacial score (nSPS) is 16.4. The average molecular weight is 474 g/mol. The maximum Gasteiger partial charge on any atom is 0.337 e. The Hall–Kier alpha value is -2.59. The molecule has 2 atom stereocenters. The summed E-state index contributed by atoms with van der Waals surface area (Å²) in [5.74, 6) is -0.328. The minimum Gasteiger partial charge on any atom is -0.465 e. The Bertz CT molecular complexity index is 946. The molecule has 2 unspecified atom stereocenters. The number of esters is 1. The van der Waals surface area contributed by atoms with Crippen molar-refractivity contribution in [3.63, 3.8) is 0 Å². The highest BCUT2D eigenvalue weighted by Crippen LogP contribution is 2.26. The number of piperazine rings is 1. The first kappa shape index (κ1) is 25.0. The lowest BCUT2D eigenvalue weighted by molar-refractivity contribution is -0.130. The lowest BCUT2D eigenvalue weighted by atomic mass is 10.0. The van der Waals surface area contributed by atoms with Crippen LogP contribution in [0.2, 0.25) is 0 Å². The zero-order chi connectivity index (χ0) is 23.8. The molecule has 0 radical (unpaired) electrons. The van der Waals surface area contributed by atoms with Gasteiger partial charge in [0.1, 0.15) is 0 Å². The van der Waals surface area contributed by atoms with Crippen LogP contribution in [0.5, 0.6) is 0 Å². The van der Waals surface area contributed by atoms with Gasteiger partial charge in [0.2, 0.25) is 17.2 Å². The van der Waals surface area contributed by atoms with E-state index in [0.29, 0.717) is 31.6 Å². The molecule has 178 valence electrons. The number of carbonyl (C=O) groups is 2. The molecule has 0 spiro atoms. The molecule has 0 saturated carbocycles. The molecule has 2 aromatic rings. The van der Waals surface area contributed by atoms with Crippen LogP contribution >= 0.6 is 0 Å². The molecule has 0 aromatic heterocycles. The number of methoxy groups -OCH3 is 1. The maximum absolute atomic E-state index is 12.1. The second-order valence-electron chi connectivity index (χ2n) is 8.04. The molecule has 1 aliphatic heterocycles. The Kier molecular flexibility index (Phi) is 9.13. The van der Waals surface area contributed by atoms with Gasteiger partial charge < -0.3 is 9.64 Å². The first-order valence-corrected chi connectivity index (χ1v) is 12.0. The summed E-state index contributed by atoms with van der Waals surface area (Å²) in [4.78, 5) is 27.5. The third-order valence-electron chi connectivity index (χ3n) is 5.99. The number of amides is 1. The van der Waals surface area contributed by atoms with Gasteiger partial charge in [-0.15, -0.1) is 0 Å². The number of ether oxygens (including phenoxy) is 1. The van der Waals surface area contributed by atoms with Crippen molar-refractivity contribution in [1.29, 1.82) is 0 Å². The van der Waals surface area contributed by atoms with Gasteiger partial charge >= 0.3 is 5.97 Å². The van der Waals surface area contributed by atoms with Crippen molar-refractivity contribution in [2.75, 3.05) is 39.8 Å². The van der Waals surface area contributed by atoms with E-state index in [1.165, 1.54) is 11.4 Å². The summed E-state index contributed by atoms with van der Waals surface area (Å²) in [5.41, 5.74) is 2.42. The average Bonchev–Trinajstić information content (AvgIpc) is 2.84. The van der Waals surface area contributed by atoms with E-state index >= 15 is 0 Å². The molecule has 0 bridgehead atoms. The zero-order valence-corrected chi connectivity index (χ0v) is 19.9. The van der Waals surface area contributed by atoms with Gasteiger partial charge in [0, 0.05) is 52.2 Å². The number of carbonyl (C=O) groups excluding carboxylic acids is 2. The molecular formula is C24H31N3O5S. The van der Waals surface area contributed by atoms with Crippen molar-refractivity contribution in [3.8, 4) is 0 Å². The third kappa shape index (κ3) is 6.94. The fourth-order valence-electron chi connectivity index (χ4n) is 4.13. The molecule has 1 heterocycles. The van der Waals surface area contributed by atoms with Crippen molar-refractivity contribution >= 4 is 23.1 Å². The Morgan fingerprint density at radius 2 is 1.70 bits per heavy atom. The first-order chi connectivity index (χ1) is 15.9. The van der Waals surface area contributed by atoms with Crippen molar-refractivity contribution in [2.45, 2.75) is 25.9 Å². The predicted octanol–water partition coefficient (Wildman–Crippen LogP) is 2.71. The third-order valence-corrected chi connectivity index (χ3v) is 6.74. The van der Waals surface area contributed by atoms with E-state index in [2.05, 4.69) is 17.0 Å². The van der Waals surface area contributed by atoms with Crippen molar-refractivity contribution in [3.05, 3.63) is 71.3 Å². The molecule has 1 aliphatic rings. The number of rotatable bonds is 9. The largest absolute Gasteiger partial charge is 0.465 e. The molecule has 2 aromatic carbocycles. The van der Waals surface area contributed by atoms with Crippen LogP contribution in [-0.2, 0) is 27.3 Å². The topological polar surface area (TPSA) is 90.4 Å². The van der Waals surface area contributed by atoms with Crippen molar-refractivity contribution in [1.82, 2.24) is 14.1 Å². The van der Waals surface area contributed by atoms with Gasteiger partial charge in [0.15, 0.2) is 0 Å². The van der Waals surface area contributed by atoms with Crippen LogP contribution in [0.25, 0.3) is 0 Å². The number of hydrogen-bond acceptors (Lipinski definition) is 5. The van der Waals surface area contributed by atoms with Crippen LogP contribution in [-0.4, -0.2) is 74.6 Å². The fraction of sp³-hybridized carbons (Fsp3) is 0.417. The Balaban J connectivity index is 1.69. The van der Waals surface area contributed by atoms with Crippen LogP contribution in [0.1, 0.15) is 40.9 Å². The van der Waals surface area contributed by atoms with Gasteiger partial charge in [0.25, 0.3) is 0 Å². The van der Waals surface area contributed by atoms with Gasteiger partial charge in [-0.25, -0.2) is 9.00 Å². The number of benzene rings is 2. The highest BCUT2D eigenvalue weighted by molar-refractivity contribution is 7.76. The standard InChI is InChI=1S/C24H31N3O5S/c1-19(28)25-14-16-26(17-15-25)23(21-6-4-3-5-7-21)12-13-27(33(30)31)18-20-8-10-22(11-9-20)24(29)32-2/h3-11,23H,12-18H2,1-2H3,(H,30,31). The molecule has 1 amide bonds.